The molecule has 0 radical (unpaired) electrons. The molecule has 1 aromatic carbocycles. The van der Waals surface area contributed by atoms with Gasteiger partial charge in [0.05, 0.1) is 0 Å². The number of hydrogen-bond donors (Lipinski definition) is 3. The van der Waals surface area contributed by atoms with Gasteiger partial charge in [-0.1, -0.05) is 6.07 Å². The largest absolute Gasteiger partial charge is 0.341 e. The van der Waals surface area contributed by atoms with Gasteiger partial charge in [0.15, 0.2) is 0 Å². The summed E-state index contributed by atoms with van der Waals surface area (Å²) >= 11 is 0. The van der Waals surface area contributed by atoms with Crippen LogP contribution >= 0.6 is 0 Å². The van der Waals surface area contributed by atoms with Crippen molar-refractivity contribution < 1.29 is 4.39 Å². The summed E-state index contributed by atoms with van der Waals surface area (Å²) in [7, 11) is 0. The molecule has 4 N–H and O–H groups in total. The van der Waals surface area contributed by atoms with Crippen molar-refractivity contribution >= 4 is 23.5 Å². The minimum absolute atomic E-state index is 0.241. The minimum atomic E-state index is -0.338. The lowest BCUT2D eigenvalue weighted by atomic mass is 10.3. The molecule has 7 nitrogen and oxygen atoms in total. The SMILES string of the molecule is CCN(CC)c1nc(NN)nc(Nc2cccc(F)c2)n1. The van der Waals surface area contributed by atoms with E-state index in [1.807, 2.05) is 18.7 Å². The highest BCUT2D eigenvalue weighted by Crippen LogP contribution is 2.18. The van der Waals surface area contributed by atoms with E-state index in [4.69, 9.17) is 5.84 Å². The fourth-order valence-corrected chi connectivity index (χ4v) is 1.83. The average molecular weight is 291 g/mol. The first-order valence-electron chi connectivity index (χ1n) is 6.66. The number of aromatic nitrogens is 3. The van der Waals surface area contributed by atoms with Crippen LogP contribution in [0.4, 0.5) is 27.9 Å². The zero-order valence-corrected chi connectivity index (χ0v) is 12.0. The Hall–Kier alpha value is -2.48. The second-order valence-electron chi connectivity index (χ2n) is 4.23. The molecule has 1 aromatic heterocycles. The molecule has 112 valence electrons. The van der Waals surface area contributed by atoms with Crippen LogP contribution in [0.2, 0.25) is 0 Å². The molecule has 8 heteroatoms. The number of rotatable bonds is 6. The molecule has 0 aliphatic heterocycles. The molecule has 0 aliphatic rings. The number of nitrogen functional groups attached to an aromatic ring is 1. The number of nitrogens with two attached hydrogens (primary N) is 1. The highest BCUT2D eigenvalue weighted by Gasteiger charge is 2.11. The fraction of sp³-hybridized carbons (Fsp3) is 0.308. The Morgan fingerprint density at radius 2 is 1.86 bits per heavy atom. The van der Waals surface area contributed by atoms with Crippen molar-refractivity contribution in [1.82, 2.24) is 15.0 Å². The lowest BCUT2D eigenvalue weighted by Crippen LogP contribution is -2.25. The Morgan fingerprint density at radius 1 is 1.14 bits per heavy atom. The second kappa shape index (κ2) is 6.80. The Morgan fingerprint density at radius 3 is 2.48 bits per heavy atom. The van der Waals surface area contributed by atoms with E-state index in [0.717, 1.165) is 13.1 Å². The predicted octanol–water partition coefficient (Wildman–Crippen LogP) is 1.89. The molecule has 1 heterocycles. The van der Waals surface area contributed by atoms with Gasteiger partial charge in [0.2, 0.25) is 17.8 Å². The van der Waals surface area contributed by atoms with Gasteiger partial charge in [-0.25, -0.2) is 10.2 Å². The zero-order valence-electron chi connectivity index (χ0n) is 12.0. The number of benzene rings is 1. The summed E-state index contributed by atoms with van der Waals surface area (Å²) in [5.41, 5.74) is 2.96. The van der Waals surface area contributed by atoms with E-state index in [0.29, 0.717) is 17.6 Å². The molecule has 0 spiro atoms. The number of anilines is 4. The third-order valence-electron chi connectivity index (χ3n) is 2.88. The van der Waals surface area contributed by atoms with E-state index >= 15 is 0 Å². The monoisotopic (exact) mass is 291 g/mol. The van der Waals surface area contributed by atoms with E-state index in [9.17, 15) is 4.39 Å². The summed E-state index contributed by atoms with van der Waals surface area (Å²) < 4.78 is 13.2. The number of nitrogens with one attached hydrogen (secondary N) is 2. The summed E-state index contributed by atoms with van der Waals surface area (Å²) in [6.45, 7) is 5.51. The third kappa shape index (κ3) is 3.76. The number of hydrazine groups is 1. The van der Waals surface area contributed by atoms with Crippen molar-refractivity contribution in [2.75, 3.05) is 28.7 Å². The molecular weight excluding hydrogens is 273 g/mol. The smallest absolute Gasteiger partial charge is 0.243 e. The topological polar surface area (TPSA) is 92.0 Å². The summed E-state index contributed by atoms with van der Waals surface area (Å²) in [4.78, 5) is 14.6. The maximum absolute atomic E-state index is 13.2. The van der Waals surface area contributed by atoms with E-state index in [1.165, 1.54) is 12.1 Å². The quantitative estimate of drug-likeness (QED) is 0.553. The number of hydrogen-bond acceptors (Lipinski definition) is 7. The summed E-state index contributed by atoms with van der Waals surface area (Å²) in [6, 6.07) is 6.05. The predicted molar refractivity (Wildman–Crippen MR) is 80.9 cm³/mol. The third-order valence-corrected chi connectivity index (χ3v) is 2.88. The molecular formula is C13H18FN7. The minimum Gasteiger partial charge on any atom is -0.341 e. The molecule has 0 bridgehead atoms. The van der Waals surface area contributed by atoms with Crippen LogP contribution in [0, 0.1) is 5.82 Å². The van der Waals surface area contributed by atoms with Gasteiger partial charge < -0.3 is 10.2 Å². The molecule has 0 fully saturated rings. The highest BCUT2D eigenvalue weighted by molar-refractivity contribution is 5.55. The van der Waals surface area contributed by atoms with Gasteiger partial charge in [-0.15, -0.1) is 0 Å². The summed E-state index contributed by atoms with van der Waals surface area (Å²) in [6.07, 6.45) is 0. The maximum Gasteiger partial charge on any atom is 0.243 e. The van der Waals surface area contributed by atoms with Gasteiger partial charge in [0, 0.05) is 18.8 Å². The first-order valence-corrected chi connectivity index (χ1v) is 6.66. The van der Waals surface area contributed by atoms with E-state index < -0.39 is 0 Å². The van der Waals surface area contributed by atoms with E-state index in [1.54, 1.807) is 12.1 Å². The van der Waals surface area contributed by atoms with Crippen molar-refractivity contribution in [3.05, 3.63) is 30.1 Å². The van der Waals surface area contributed by atoms with Crippen LogP contribution in [0.25, 0.3) is 0 Å². The average Bonchev–Trinajstić information content (AvgIpc) is 2.48. The van der Waals surface area contributed by atoms with Gasteiger partial charge >= 0.3 is 0 Å². The van der Waals surface area contributed by atoms with Gasteiger partial charge in [-0.05, 0) is 32.0 Å². The van der Waals surface area contributed by atoms with Crippen molar-refractivity contribution in [2.24, 2.45) is 5.84 Å². The normalized spacial score (nSPS) is 10.3. The van der Waals surface area contributed by atoms with Crippen LogP contribution < -0.4 is 21.5 Å². The van der Waals surface area contributed by atoms with Gasteiger partial charge in [0.1, 0.15) is 5.82 Å². The fourth-order valence-electron chi connectivity index (χ4n) is 1.83. The highest BCUT2D eigenvalue weighted by atomic mass is 19.1. The Bertz CT molecular complexity index is 601. The van der Waals surface area contributed by atoms with Gasteiger partial charge in [-0.3, -0.25) is 5.43 Å². The Balaban J connectivity index is 2.32. The molecule has 2 aromatic rings. The van der Waals surface area contributed by atoms with Crippen molar-refractivity contribution in [3.63, 3.8) is 0 Å². The van der Waals surface area contributed by atoms with Crippen molar-refractivity contribution in [3.8, 4) is 0 Å². The number of nitrogens with zero attached hydrogens (tertiary/aromatic N) is 4. The van der Waals surface area contributed by atoms with Crippen LogP contribution in [0.3, 0.4) is 0 Å². The lowest BCUT2D eigenvalue weighted by Gasteiger charge is -2.19. The van der Waals surface area contributed by atoms with Crippen LogP contribution in [-0.2, 0) is 0 Å². The molecule has 0 atom stereocenters. The zero-order chi connectivity index (χ0) is 15.2. The summed E-state index contributed by atoms with van der Waals surface area (Å²) in [5.74, 6) is 6.08. The second-order valence-corrected chi connectivity index (χ2v) is 4.23. The Labute approximate surface area is 122 Å². The van der Waals surface area contributed by atoms with Gasteiger partial charge in [0.25, 0.3) is 0 Å². The van der Waals surface area contributed by atoms with E-state index in [-0.39, 0.29) is 11.8 Å². The molecule has 0 amide bonds. The van der Waals surface area contributed by atoms with Crippen LogP contribution in [0.1, 0.15) is 13.8 Å². The molecule has 21 heavy (non-hydrogen) atoms. The van der Waals surface area contributed by atoms with Crippen LogP contribution in [0.5, 0.6) is 0 Å². The summed E-state index contributed by atoms with van der Waals surface area (Å²) in [5, 5.41) is 2.94. The number of halogens is 1. The van der Waals surface area contributed by atoms with Crippen LogP contribution in [-0.4, -0.2) is 28.0 Å². The standard InChI is InChI=1S/C13H18FN7/c1-3-21(4-2)13-18-11(17-12(19-13)20-15)16-10-7-5-6-9(14)8-10/h5-8H,3-4,15H2,1-2H3,(H2,16,17,18,19,20). The molecule has 0 saturated carbocycles. The lowest BCUT2D eigenvalue weighted by molar-refractivity contribution is 0.628. The van der Waals surface area contributed by atoms with Crippen molar-refractivity contribution in [1.29, 1.82) is 0 Å². The molecule has 0 saturated heterocycles. The first kappa shape index (κ1) is 14.9. The van der Waals surface area contributed by atoms with Crippen molar-refractivity contribution in [2.45, 2.75) is 13.8 Å². The van der Waals surface area contributed by atoms with Crippen LogP contribution in [0.15, 0.2) is 24.3 Å². The molecule has 0 aliphatic carbocycles. The molecule has 2 rings (SSSR count). The molecule has 0 unspecified atom stereocenters. The Kier molecular flexibility index (Phi) is 4.83. The van der Waals surface area contributed by atoms with E-state index in [2.05, 4.69) is 25.7 Å². The first-order chi connectivity index (χ1) is 10.2. The maximum atomic E-state index is 13.2. The van der Waals surface area contributed by atoms with Gasteiger partial charge in [-0.2, -0.15) is 15.0 Å².